The van der Waals surface area contributed by atoms with Gasteiger partial charge in [-0.3, -0.25) is 5.32 Å². The third kappa shape index (κ3) is 2.82. The molecule has 0 bridgehead atoms. The Hall–Kier alpha value is -3.62. The number of amides is 2. The van der Waals surface area contributed by atoms with Crippen molar-refractivity contribution in [3.05, 3.63) is 48.3 Å². The molecule has 1 aliphatic carbocycles. The highest BCUT2D eigenvalue weighted by molar-refractivity contribution is 6.01. The summed E-state index contributed by atoms with van der Waals surface area (Å²) in [4.78, 5) is 25.6. The molecule has 1 fully saturated rings. The Kier molecular flexibility index (Phi) is 3.46. The number of benzene rings is 1. The van der Waals surface area contributed by atoms with Gasteiger partial charge in [0.15, 0.2) is 5.82 Å². The molecule has 5 rings (SSSR count). The van der Waals surface area contributed by atoms with Gasteiger partial charge >= 0.3 is 6.03 Å². The van der Waals surface area contributed by atoms with Gasteiger partial charge < -0.3 is 15.2 Å². The van der Waals surface area contributed by atoms with Crippen molar-refractivity contribution in [3.8, 4) is 0 Å². The number of carbonyl (C=O) groups excluding carboxylic acids is 1. The predicted octanol–water partition coefficient (Wildman–Crippen LogP) is 3.03. The smallest absolute Gasteiger partial charge is 0.330 e. The van der Waals surface area contributed by atoms with Crippen LogP contribution < -0.4 is 16.0 Å². The Bertz CT molecular complexity index is 1000. The molecule has 1 aliphatic heterocycles. The van der Waals surface area contributed by atoms with E-state index in [-0.39, 0.29) is 12.1 Å². The fourth-order valence-corrected chi connectivity index (χ4v) is 3.19. The number of anilines is 5. The van der Waals surface area contributed by atoms with Crippen LogP contribution in [0.1, 0.15) is 18.4 Å². The molecule has 0 atom stereocenters. The van der Waals surface area contributed by atoms with E-state index < -0.39 is 0 Å². The van der Waals surface area contributed by atoms with Crippen molar-refractivity contribution in [2.45, 2.75) is 25.4 Å². The minimum Gasteiger partial charge on any atom is -0.399 e. The van der Waals surface area contributed by atoms with E-state index in [9.17, 15) is 4.79 Å². The number of hydrogen-bond donors (Lipinski definition) is 2. The van der Waals surface area contributed by atoms with E-state index in [1.54, 1.807) is 29.3 Å². The minimum atomic E-state index is -0.0973. The summed E-state index contributed by atoms with van der Waals surface area (Å²) < 4.78 is 5.04. The second-order valence-corrected chi connectivity index (χ2v) is 6.62. The first-order chi connectivity index (χ1) is 13.2. The molecule has 136 valence electrons. The number of nitrogen functional groups attached to an aromatic ring is 1. The fourth-order valence-electron chi connectivity index (χ4n) is 3.19. The van der Waals surface area contributed by atoms with Crippen molar-refractivity contribution in [2.24, 2.45) is 0 Å². The first-order valence-electron chi connectivity index (χ1n) is 8.69. The maximum Gasteiger partial charge on any atom is 0.330 e. The van der Waals surface area contributed by atoms with Crippen LogP contribution in [-0.4, -0.2) is 32.1 Å². The van der Waals surface area contributed by atoms with Gasteiger partial charge in [-0.05, 0) is 31.0 Å². The topological polar surface area (TPSA) is 113 Å². The lowest BCUT2D eigenvalue weighted by Crippen LogP contribution is -2.46. The number of rotatable bonds is 4. The maximum absolute atomic E-state index is 13.2. The van der Waals surface area contributed by atoms with E-state index in [4.69, 9.17) is 10.3 Å². The Morgan fingerprint density at radius 1 is 1.26 bits per heavy atom. The van der Waals surface area contributed by atoms with E-state index >= 15 is 0 Å². The molecule has 3 N–H and O–H groups in total. The quantitative estimate of drug-likeness (QED) is 0.685. The van der Waals surface area contributed by atoms with Crippen molar-refractivity contribution >= 4 is 35.1 Å². The van der Waals surface area contributed by atoms with Crippen molar-refractivity contribution in [2.75, 3.05) is 16.0 Å². The highest BCUT2D eigenvalue weighted by Gasteiger charge is 2.41. The van der Waals surface area contributed by atoms with Gasteiger partial charge in [0.2, 0.25) is 11.8 Å². The molecule has 1 aromatic carbocycles. The zero-order valence-electron chi connectivity index (χ0n) is 14.4. The Labute approximate surface area is 154 Å². The summed E-state index contributed by atoms with van der Waals surface area (Å²) in [6.45, 7) is 0.500. The number of nitrogens with one attached hydrogen (secondary N) is 1. The number of urea groups is 1. The molecule has 27 heavy (non-hydrogen) atoms. The predicted molar refractivity (Wildman–Crippen MR) is 98.8 cm³/mol. The molecule has 3 aromatic rings. The summed E-state index contributed by atoms with van der Waals surface area (Å²) in [5.41, 5.74) is 8.08. The molecule has 2 aliphatic rings. The van der Waals surface area contributed by atoms with Gasteiger partial charge in [0.05, 0.1) is 18.4 Å². The van der Waals surface area contributed by atoms with Crippen LogP contribution in [0.4, 0.5) is 33.8 Å². The van der Waals surface area contributed by atoms with Crippen LogP contribution in [0.2, 0.25) is 0 Å². The van der Waals surface area contributed by atoms with Gasteiger partial charge in [-0.2, -0.15) is 4.98 Å². The number of carbonyl (C=O) groups is 1. The molecule has 0 saturated heterocycles. The number of aromatic nitrogens is 3. The molecule has 2 amide bonds. The molecule has 0 unspecified atom stereocenters. The summed E-state index contributed by atoms with van der Waals surface area (Å²) in [5.74, 6) is 1.29. The monoisotopic (exact) mass is 363 g/mol. The number of nitrogens with zero attached hydrogens (tertiary/aromatic N) is 5. The number of nitrogens with two attached hydrogens (primary N) is 1. The van der Waals surface area contributed by atoms with E-state index in [0.29, 0.717) is 35.6 Å². The second kappa shape index (κ2) is 5.97. The van der Waals surface area contributed by atoms with Crippen molar-refractivity contribution in [1.82, 2.24) is 20.0 Å². The molecule has 0 spiro atoms. The normalized spacial score (nSPS) is 16.4. The SMILES string of the molecule is Nc1cccc(N2C(=O)N(C3CC3)Cc3cnc(Nc4ccno4)nc32)c1. The van der Waals surface area contributed by atoms with Crippen LogP contribution in [0.25, 0.3) is 0 Å². The van der Waals surface area contributed by atoms with Crippen LogP contribution in [0.5, 0.6) is 0 Å². The van der Waals surface area contributed by atoms with Crippen LogP contribution >= 0.6 is 0 Å². The van der Waals surface area contributed by atoms with Crippen LogP contribution in [-0.2, 0) is 6.54 Å². The third-order valence-corrected chi connectivity index (χ3v) is 4.62. The van der Waals surface area contributed by atoms with Gasteiger partial charge in [-0.1, -0.05) is 11.2 Å². The van der Waals surface area contributed by atoms with E-state index in [0.717, 1.165) is 18.4 Å². The van der Waals surface area contributed by atoms with E-state index in [1.165, 1.54) is 6.20 Å². The summed E-state index contributed by atoms with van der Waals surface area (Å²) >= 11 is 0. The average Bonchev–Trinajstić information content (AvgIpc) is 3.38. The minimum absolute atomic E-state index is 0.0973. The highest BCUT2D eigenvalue weighted by atomic mass is 16.5. The number of hydrogen-bond acceptors (Lipinski definition) is 7. The summed E-state index contributed by atoms with van der Waals surface area (Å²) in [5, 5.41) is 6.60. The maximum atomic E-state index is 13.2. The van der Waals surface area contributed by atoms with Gasteiger partial charge in [0.1, 0.15) is 0 Å². The Balaban J connectivity index is 1.59. The van der Waals surface area contributed by atoms with Crippen LogP contribution in [0, 0.1) is 0 Å². The Morgan fingerprint density at radius 2 is 2.15 bits per heavy atom. The first-order valence-corrected chi connectivity index (χ1v) is 8.69. The molecular weight excluding hydrogens is 346 g/mol. The first kappa shape index (κ1) is 15.6. The van der Waals surface area contributed by atoms with Crippen LogP contribution in [0.3, 0.4) is 0 Å². The highest BCUT2D eigenvalue weighted by Crippen LogP contribution is 2.39. The average molecular weight is 363 g/mol. The van der Waals surface area contributed by atoms with Gasteiger partial charge in [-0.25, -0.2) is 14.7 Å². The summed E-state index contributed by atoms with van der Waals surface area (Å²) in [6.07, 6.45) is 5.31. The van der Waals surface area contributed by atoms with Gasteiger partial charge in [0, 0.05) is 29.6 Å². The fraction of sp³-hybridized carbons (Fsp3) is 0.222. The second-order valence-electron chi connectivity index (χ2n) is 6.62. The number of fused-ring (bicyclic) bond motifs is 1. The molecule has 0 radical (unpaired) electrons. The molecule has 2 aromatic heterocycles. The molecule has 1 saturated carbocycles. The zero-order chi connectivity index (χ0) is 18.4. The van der Waals surface area contributed by atoms with Gasteiger partial charge in [0.25, 0.3) is 0 Å². The molecular formula is C18H17N7O2. The van der Waals surface area contributed by atoms with Crippen molar-refractivity contribution in [1.29, 1.82) is 0 Å². The van der Waals surface area contributed by atoms with Crippen molar-refractivity contribution in [3.63, 3.8) is 0 Å². The Morgan fingerprint density at radius 3 is 2.89 bits per heavy atom. The zero-order valence-corrected chi connectivity index (χ0v) is 14.4. The third-order valence-electron chi connectivity index (χ3n) is 4.62. The lowest BCUT2D eigenvalue weighted by molar-refractivity contribution is 0.198. The van der Waals surface area contributed by atoms with E-state index in [1.807, 2.05) is 17.0 Å². The lowest BCUT2D eigenvalue weighted by atomic mass is 10.1. The van der Waals surface area contributed by atoms with Crippen molar-refractivity contribution < 1.29 is 9.32 Å². The molecule has 3 heterocycles. The molecule has 9 nitrogen and oxygen atoms in total. The summed E-state index contributed by atoms with van der Waals surface area (Å²) in [7, 11) is 0. The standard InChI is InChI=1S/C18H17N7O2/c19-12-2-1-3-14(8-12)25-16-11(10-24(18(25)26)13-4-5-13)9-20-17(23-16)22-15-6-7-21-27-15/h1-3,6-9,13H,4-5,10,19H2,(H,20,22,23). The lowest BCUT2D eigenvalue weighted by Gasteiger charge is -2.36. The van der Waals surface area contributed by atoms with Crippen LogP contribution in [0.15, 0.2) is 47.2 Å². The van der Waals surface area contributed by atoms with E-state index in [2.05, 4.69) is 20.4 Å². The largest absolute Gasteiger partial charge is 0.399 e. The summed E-state index contributed by atoms with van der Waals surface area (Å²) in [6, 6.07) is 9.07. The van der Waals surface area contributed by atoms with Gasteiger partial charge in [-0.15, -0.1) is 0 Å². The molecule has 9 heteroatoms.